The van der Waals surface area contributed by atoms with Crippen LogP contribution in [0.1, 0.15) is 44.1 Å². The van der Waals surface area contributed by atoms with Crippen LogP contribution in [0, 0.1) is 10.1 Å². The molecular weight excluding hydrogens is 252 g/mol. The maximum Gasteiger partial charge on any atom is 0.304 e. The third kappa shape index (κ3) is 2.35. The molecule has 1 aromatic rings. The van der Waals surface area contributed by atoms with Gasteiger partial charge < -0.3 is 10.0 Å². The van der Waals surface area contributed by atoms with E-state index in [0.717, 1.165) is 25.8 Å². The number of rotatable bonds is 4. The van der Waals surface area contributed by atoms with E-state index in [0.29, 0.717) is 15.9 Å². The number of aliphatic hydroxyl groups is 1. The van der Waals surface area contributed by atoms with Gasteiger partial charge in [0.25, 0.3) is 0 Å². The molecule has 1 N–H and O–H groups in total. The maximum absolute atomic E-state index is 11.1. The van der Waals surface area contributed by atoms with E-state index in [1.165, 1.54) is 17.4 Å². The lowest BCUT2D eigenvalue weighted by atomic mass is 10.2. The van der Waals surface area contributed by atoms with Crippen molar-refractivity contribution >= 4 is 22.0 Å². The standard InChI is InChI=1S/C12H18N2O3S/c1-3-9-5-4-6-13(9)12-10(14(16)17)7-11(18-12)8(2)15/h7-9,15H,3-6H2,1-2H3/t8-,9?/m0/s1. The fourth-order valence-electron chi connectivity index (χ4n) is 2.46. The molecule has 0 bridgehead atoms. The minimum atomic E-state index is -0.648. The monoisotopic (exact) mass is 270 g/mol. The van der Waals surface area contributed by atoms with Crippen LogP contribution in [0.25, 0.3) is 0 Å². The van der Waals surface area contributed by atoms with E-state index < -0.39 is 6.10 Å². The van der Waals surface area contributed by atoms with Crippen LogP contribution in [0.2, 0.25) is 0 Å². The fourth-order valence-corrected chi connectivity index (χ4v) is 3.62. The molecule has 2 heterocycles. The third-order valence-corrected chi connectivity index (χ3v) is 4.76. The summed E-state index contributed by atoms with van der Waals surface area (Å²) in [5.74, 6) is 0. The van der Waals surface area contributed by atoms with E-state index in [2.05, 4.69) is 11.8 Å². The van der Waals surface area contributed by atoms with Crippen LogP contribution < -0.4 is 4.90 Å². The highest BCUT2D eigenvalue weighted by molar-refractivity contribution is 7.16. The molecule has 0 saturated carbocycles. The van der Waals surface area contributed by atoms with Crippen LogP contribution in [-0.4, -0.2) is 22.6 Å². The second-order valence-corrected chi connectivity index (χ2v) is 5.73. The van der Waals surface area contributed by atoms with Gasteiger partial charge in [0.15, 0.2) is 5.00 Å². The number of hydrogen-bond acceptors (Lipinski definition) is 5. The number of aliphatic hydroxyl groups excluding tert-OH is 1. The zero-order chi connectivity index (χ0) is 13.3. The molecule has 0 spiro atoms. The van der Waals surface area contributed by atoms with Crippen LogP contribution in [0.4, 0.5) is 10.7 Å². The van der Waals surface area contributed by atoms with Crippen molar-refractivity contribution in [2.45, 2.75) is 45.3 Å². The zero-order valence-corrected chi connectivity index (χ0v) is 11.4. The van der Waals surface area contributed by atoms with E-state index >= 15 is 0 Å². The lowest BCUT2D eigenvalue weighted by Crippen LogP contribution is -2.28. The molecule has 1 saturated heterocycles. The average molecular weight is 270 g/mol. The van der Waals surface area contributed by atoms with Crippen molar-refractivity contribution in [3.8, 4) is 0 Å². The molecule has 6 heteroatoms. The highest BCUT2D eigenvalue weighted by Gasteiger charge is 2.31. The predicted molar refractivity (Wildman–Crippen MR) is 72.3 cm³/mol. The first-order valence-electron chi connectivity index (χ1n) is 6.27. The molecule has 18 heavy (non-hydrogen) atoms. The number of nitrogens with zero attached hydrogens (tertiary/aromatic N) is 2. The van der Waals surface area contributed by atoms with Gasteiger partial charge in [-0.05, 0) is 26.2 Å². The lowest BCUT2D eigenvalue weighted by Gasteiger charge is -2.23. The van der Waals surface area contributed by atoms with Crippen molar-refractivity contribution < 1.29 is 10.0 Å². The van der Waals surface area contributed by atoms with Gasteiger partial charge in [-0.1, -0.05) is 6.92 Å². The smallest absolute Gasteiger partial charge is 0.304 e. The molecule has 1 aliphatic heterocycles. The predicted octanol–water partition coefficient (Wildman–Crippen LogP) is 3.09. The quantitative estimate of drug-likeness (QED) is 0.674. The summed E-state index contributed by atoms with van der Waals surface area (Å²) in [5, 5.41) is 21.4. The van der Waals surface area contributed by atoms with Crippen molar-refractivity contribution in [2.24, 2.45) is 0 Å². The van der Waals surface area contributed by atoms with Crippen LogP contribution in [0.5, 0.6) is 0 Å². The Morgan fingerprint density at radius 1 is 1.72 bits per heavy atom. The second kappa shape index (κ2) is 5.24. The molecule has 1 fully saturated rings. The van der Waals surface area contributed by atoms with Crippen LogP contribution in [0.15, 0.2) is 6.07 Å². The molecular formula is C12H18N2O3S. The minimum Gasteiger partial charge on any atom is -0.388 e. The average Bonchev–Trinajstić information content (AvgIpc) is 2.94. The minimum absolute atomic E-state index is 0.135. The summed E-state index contributed by atoms with van der Waals surface area (Å²) in [5.41, 5.74) is 0.135. The van der Waals surface area contributed by atoms with Crippen molar-refractivity contribution in [3.63, 3.8) is 0 Å². The molecule has 0 radical (unpaired) electrons. The molecule has 2 rings (SSSR count). The van der Waals surface area contributed by atoms with Crippen molar-refractivity contribution in [1.82, 2.24) is 0 Å². The van der Waals surface area contributed by atoms with Gasteiger partial charge in [0.1, 0.15) is 0 Å². The second-order valence-electron chi connectivity index (χ2n) is 4.67. The van der Waals surface area contributed by atoms with Gasteiger partial charge >= 0.3 is 5.69 Å². The Bertz CT molecular complexity index is 445. The van der Waals surface area contributed by atoms with E-state index in [1.807, 2.05) is 0 Å². The van der Waals surface area contributed by atoms with Gasteiger partial charge in [-0.15, -0.1) is 11.3 Å². The fraction of sp³-hybridized carbons (Fsp3) is 0.667. The highest BCUT2D eigenvalue weighted by Crippen LogP contribution is 2.43. The molecule has 1 aliphatic rings. The van der Waals surface area contributed by atoms with E-state index in [9.17, 15) is 15.2 Å². The molecule has 0 aliphatic carbocycles. The highest BCUT2D eigenvalue weighted by atomic mass is 32.1. The van der Waals surface area contributed by atoms with Crippen molar-refractivity contribution in [3.05, 3.63) is 21.1 Å². The molecule has 1 aromatic heterocycles. The Labute approximate surface area is 110 Å². The summed E-state index contributed by atoms with van der Waals surface area (Å²) in [6.07, 6.45) is 2.52. The Morgan fingerprint density at radius 2 is 2.44 bits per heavy atom. The molecule has 5 nitrogen and oxygen atoms in total. The van der Waals surface area contributed by atoms with Crippen molar-refractivity contribution in [2.75, 3.05) is 11.4 Å². The first-order valence-corrected chi connectivity index (χ1v) is 7.09. The van der Waals surface area contributed by atoms with E-state index in [-0.39, 0.29) is 10.6 Å². The number of thiophene rings is 1. The summed E-state index contributed by atoms with van der Waals surface area (Å²) < 4.78 is 0. The summed E-state index contributed by atoms with van der Waals surface area (Å²) >= 11 is 1.35. The zero-order valence-electron chi connectivity index (χ0n) is 10.6. The summed E-state index contributed by atoms with van der Waals surface area (Å²) in [4.78, 5) is 13.6. The summed E-state index contributed by atoms with van der Waals surface area (Å²) in [7, 11) is 0. The van der Waals surface area contributed by atoms with Crippen molar-refractivity contribution in [1.29, 1.82) is 0 Å². The number of hydrogen-bond donors (Lipinski definition) is 1. The van der Waals surface area contributed by atoms with Gasteiger partial charge in [-0.2, -0.15) is 0 Å². The molecule has 0 aromatic carbocycles. The van der Waals surface area contributed by atoms with E-state index in [4.69, 9.17) is 0 Å². The Balaban J connectivity index is 2.39. The van der Waals surface area contributed by atoms with Gasteiger partial charge in [0.05, 0.1) is 11.0 Å². The first-order chi connectivity index (χ1) is 8.54. The molecule has 100 valence electrons. The van der Waals surface area contributed by atoms with Gasteiger partial charge in [0, 0.05) is 23.5 Å². The van der Waals surface area contributed by atoms with Crippen LogP contribution in [0.3, 0.4) is 0 Å². The normalized spacial score (nSPS) is 21.3. The van der Waals surface area contributed by atoms with E-state index in [1.54, 1.807) is 6.92 Å². The Hall–Kier alpha value is -1.14. The third-order valence-electron chi connectivity index (χ3n) is 3.43. The topological polar surface area (TPSA) is 66.6 Å². The Kier molecular flexibility index (Phi) is 3.87. The number of nitro groups is 1. The Morgan fingerprint density at radius 3 is 3.00 bits per heavy atom. The first kappa shape index (κ1) is 13.3. The maximum atomic E-state index is 11.1. The van der Waals surface area contributed by atoms with Gasteiger partial charge in [-0.25, -0.2) is 0 Å². The van der Waals surface area contributed by atoms with Gasteiger partial charge in [0.2, 0.25) is 0 Å². The molecule has 2 atom stereocenters. The van der Waals surface area contributed by atoms with Gasteiger partial charge in [-0.3, -0.25) is 10.1 Å². The van der Waals surface area contributed by atoms with Crippen LogP contribution >= 0.6 is 11.3 Å². The molecule has 0 amide bonds. The summed E-state index contributed by atoms with van der Waals surface area (Å²) in [6, 6.07) is 1.90. The number of anilines is 1. The largest absolute Gasteiger partial charge is 0.388 e. The lowest BCUT2D eigenvalue weighted by molar-refractivity contribution is -0.383. The molecule has 1 unspecified atom stereocenters. The summed E-state index contributed by atoms with van der Waals surface area (Å²) in [6.45, 7) is 4.62. The van der Waals surface area contributed by atoms with Crippen LogP contribution in [-0.2, 0) is 0 Å². The SMILES string of the molecule is CCC1CCCN1c1sc([C@H](C)O)cc1[N+](=O)[O-].